The molecule has 1 amide bonds. The second kappa shape index (κ2) is 5.52. The first kappa shape index (κ1) is 13.3. The summed E-state index contributed by atoms with van der Waals surface area (Å²) < 4.78 is 13.7. The normalized spacial score (nSPS) is 10.6. The Bertz CT molecular complexity index is 407. The molecule has 17 heavy (non-hydrogen) atoms. The number of benzene rings is 1. The minimum atomic E-state index is -0.484. The third-order valence-corrected chi connectivity index (χ3v) is 2.24. The van der Waals surface area contributed by atoms with Gasteiger partial charge in [0, 0.05) is 12.2 Å². The van der Waals surface area contributed by atoms with Crippen LogP contribution in [-0.2, 0) is 4.79 Å². The van der Waals surface area contributed by atoms with E-state index >= 15 is 0 Å². The van der Waals surface area contributed by atoms with Crippen molar-refractivity contribution < 1.29 is 9.18 Å². The van der Waals surface area contributed by atoms with E-state index in [-0.39, 0.29) is 6.54 Å². The molecule has 0 aliphatic rings. The van der Waals surface area contributed by atoms with E-state index in [9.17, 15) is 9.18 Å². The van der Waals surface area contributed by atoms with Gasteiger partial charge in [0.05, 0.1) is 12.2 Å². The van der Waals surface area contributed by atoms with Gasteiger partial charge < -0.3 is 16.4 Å². The molecule has 1 rings (SSSR count). The number of carbonyl (C=O) groups is 1. The first-order chi connectivity index (χ1) is 7.90. The minimum absolute atomic E-state index is 0.000974. The molecule has 0 saturated heterocycles. The number of primary amides is 1. The van der Waals surface area contributed by atoms with Crippen LogP contribution in [-0.4, -0.2) is 19.0 Å². The Kier molecular flexibility index (Phi) is 4.31. The number of carbonyl (C=O) groups excluding carboxylic acids is 1. The lowest BCUT2D eigenvalue weighted by Crippen LogP contribution is -2.36. The van der Waals surface area contributed by atoms with Crippen LogP contribution in [0.3, 0.4) is 0 Å². The molecular formula is C12H18FN3O. The average molecular weight is 239 g/mol. The Morgan fingerprint density at radius 1 is 1.47 bits per heavy atom. The zero-order chi connectivity index (χ0) is 13.0. The van der Waals surface area contributed by atoms with E-state index in [1.807, 2.05) is 13.8 Å². The summed E-state index contributed by atoms with van der Waals surface area (Å²) in [6.07, 6.45) is 0. The number of amides is 1. The van der Waals surface area contributed by atoms with Gasteiger partial charge in [0.15, 0.2) is 0 Å². The quantitative estimate of drug-likeness (QED) is 0.762. The number of hydrogen-bond acceptors (Lipinski definition) is 3. The maximum Gasteiger partial charge on any atom is 0.236 e. The van der Waals surface area contributed by atoms with Crippen LogP contribution in [0, 0.1) is 11.7 Å². The third-order valence-electron chi connectivity index (χ3n) is 2.24. The fourth-order valence-corrected chi connectivity index (χ4v) is 1.66. The summed E-state index contributed by atoms with van der Waals surface area (Å²) in [4.78, 5) is 12.6. The van der Waals surface area contributed by atoms with Crippen molar-refractivity contribution in [1.82, 2.24) is 0 Å². The van der Waals surface area contributed by atoms with Gasteiger partial charge >= 0.3 is 0 Å². The Labute approximate surface area is 100 Å². The van der Waals surface area contributed by atoms with Crippen molar-refractivity contribution in [2.24, 2.45) is 11.7 Å². The fourth-order valence-electron chi connectivity index (χ4n) is 1.66. The first-order valence-corrected chi connectivity index (χ1v) is 5.48. The highest BCUT2D eigenvalue weighted by Gasteiger charge is 2.15. The molecular weight excluding hydrogens is 221 g/mol. The Morgan fingerprint density at radius 3 is 2.59 bits per heavy atom. The van der Waals surface area contributed by atoms with Crippen molar-refractivity contribution in [1.29, 1.82) is 0 Å². The maximum absolute atomic E-state index is 13.7. The van der Waals surface area contributed by atoms with Gasteiger partial charge in [-0.15, -0.1) is 0 Å². The zero-order valence-corrected chi connectivity index (χ0v) is 10.1. The standard InChI is InChI=1S/C12H18FN3O/c1-8(2)6-16(7-12(15)17)11-4-3-9(14)5-10(11)13/h3-5,8H,6-7,14H2,1-2H3,(H2,15,17). The lowest BCUT2D eigenvalue weighted by atomic mass is 10.1. The van der Waals surface area contributed by atoms with Gasteiger partial charge in [-0.25, -0.2) is 4.39 Å². The van der Waals surface area contributed by atoms with E-state index in [1.54, 1.807) is 17.0 Å². The van der Waals surface area contributed by atoms with Gasteiger partial charge in [0.1, 0.15) is 5.82 Å². The Morgan fingerprint density at radius 2 is 2.12 bits per heavy atom. The lowest BCUT2D eigenvalue weighted by Gasteiger charge is -2.25. The zero-order valence-electron chi connectivity index (χ0n) is 10.1. The van der Waals surface area contributed by atoms with Gasteiger partial charge in [-0.3, -0.25) is 4.79 Å². The minimum Gasteiger partial charge on any atom is -0.399 e. The maximum atomic E-state index is 13.7. The largest absolute Gasteiger partial charge is 0.399 e. The summed E-state index contributed by atoms with van der Waals surface area (Å²) in [6, 6.07) is 4.41. The SMILES string of the molecule is CC(C)CN(CC(N)=O)c1ccc(N)cc1F. The number of rotatable bonds is 5. The Hall–Kier alpha value is -1.78. The molecule has 0 spiro atoms. The number of anilines is 2. The van der Waals surface area contributed by atoms with Crippen molar-refractivity contribution in [2.45, 2.75) is 13.8 Å². The molecule has 0 fully saturated rings. The number of nitrogens with two attached hydrogens (primary N) is 2. The number of nitrogen functional groups attached to an aromatic ring is 1. The summed E-state index contributed by atoms with van der Waals surface area (Å²) >= 11 is 0. The molecule has 0 radical (unpaired) electrons. The van der Waals surface area contributed by atoms with Crippen LogP contribution in [0.25, 0.3) is 0 Å². The third kappa shape index (κ3) is 3.94. The van der Waals surface area contributed by atoms with E-state index in [4.69, 9.17) is 11.5 Å². The summed E-state index contributed by atoms with van der Waals surface area (Å²) in [5.74, 6) is -0.625. The van der Waals surface area contributed by atoms with Crippen LogP contribution in [0.1, 0.15) is 13.8 Å². The summed E-state index contributed by atoms with van der Waals surface area (Å²) in [6.45, 7) is 4.54. The van der Waals surface area contributed by atoms with Gasteiger partial charge in [-0.05, 0) is 24.1 Å². The van der Waals surface area contributed by atoms with Gasteiger partial charge in [-0.2, -0.15) is 0 Å². The van der Waals surface area contributed by atoms with E-state index in [1.165, 1.54) is 6.07 Å². The molecule has 0 aliphatic heterocycles. The van der Waals surface area contributed by atoms with Crippen molar-refractivity contribution >= 4 is 17.3 Å². The highest BCUT2D eigenvalue weighted by atomic mass is 19.1. The van der Waals surface area contributed by atoms with Crippen LogP contribution in [0.2, 0.25) is 0 Å². The van der Waals surface area contributed by atoms with Crippen molar-refractivity contribution in [3.63, 3.8) is 0 Å². The van der Waals surface area contributed by atoms with Crippen LogP contribution < -0.4 is 16.4 Å². The van der Waals surface area contributed by atoms with Crippen LogP contribution in [0.4, 0.5) is 15.8 Å². The molecule has 0 atom stereocenters. The van der Waals surface area contributed by atoms with E-state index in [0.717, 1.165) is 0 Å². The molecule has 1 aromatic rings. The lowest BCUT2D eigenvalue weighted by molar-refractivity contribution is -0.116. The topological polar surface area (TPSA) is 72.3 Å². The molecule has 4 nitrogen and oxygen atoms in total. The average Bonchev–Trinajstić information content (AvgIpc) is 2.14. The van der Waals surface area contributed by atoms with Crippen LogP contribution >= 0.6 is 0 Å². The molecule has 4 N–H and O–H groups in total. The first-order valence-electron chi connectivity index (χ1n) is 5.48. The molecule has 0 aromatic heterocycles. The predicted octanol–water partition coefficient (Wildman–Crippen LogP) is 1.36. The van der Waals surface area contributed by atoms with E-state index in [2.05, 4.69) is 0 Å². The molecule has 0 unspecified atom stereocenters. The monoisotopic (exact) mass is 239 g/mol. The van der Waals surface area contributed by atoms with E-state index < -0.39 is 11.7 Å². The second-order valence-electron chi connectivity index (χ2n) is 4.45. The molecule has 0 aliphatic carbocycles. The van der Waals surface area contributed by atoms with Crippen LogP contribution in [0.5, 0.6) is 0 Å². The van der Waals surface area contributed by atoms with Crippen LogP contribution in [0.15, 0.2) is 18.2 Å². The fraction of sp³-hybridized carbons (Fsp3) is 0.417. The van der Waals surface area contributed by atoms with Crippen molar-refractivity contribution in [2.75, 3.05) is 23.7 Å². The summed E-state index contributed by atoms with van der Waals surface area (Å²) in [7, 11) is 0. The smallest absolute Gasteiger partial charge is 0.236 e. The highest BCUT2D eigenvalue weighted by Crippen LogP contribution is 2.22. The highest BCUT2D eigenvalue weighted by molar-refractivity contribution is 5.79. The predicted molar refractivity (Wildman–Crippen MR) is 67.1 cm³/mol. The summed E-state index contributed by atoms with van der Waals surface area (Å²) in [5.41, 5.74) is 11.3. The molecule has 0 bridgehead atoms. The molecule has 0 saturated carbocycles. The van der Waals surface area contributed by atoms with Gasteiger partial charge in [0.2, 0.25) is 5.91 Å². The molecule has 1 aromatic carbocycles. The number of hydrogen-bond donors (Lipinski definition) is 2. The molecule has 0 heterocycles. The van der Waals surface area contributed by atoms with Crippen molar-refractivity contribution in [3.05, 3.63) is 24.0 Å². The van der Waals surface area contributed by atoms with Gasteiger partial charge in [0.25, 0.3) is 0 Å². The van der Waals surface area contributed by atoms with Crippen molar-refractivity contribution in [3.8, 4) is 0 Å². The Balaban J connectivity index is 2.98. The van der Waals surface area contributed by atoms with E-state index in [0.29, 0.717) is 23.8 Å². The second-order valence-corrected chi connectivity index (χ2v) is 4.45. The van der Waals surface area contributed by atoms with Gasteiger partial charge in [-0.1, -0.05) is 13.8 Å². The number of nitrogens with zero attached hydrogens (tertiary/aromatic N) is 1. The molecule has 94 valence electrons. The number of halogens is 1. The molecule has 5 heteroatoms. The summed E-state index contributed by atoms with van der Waals surface area (Å²) in [5, 5.41) is 0.